The summed E-state index contributed by atoms with van der Waals surface area (Å²) in [6.07, 6.45) is 2.44. The molecule has 28 heavy (non-hydrogen) atoms. The molecule has 2 nitrogen and oxygen atoms in total. The molecule has 0 aliphatic carbocycles. The number of hydrogen-bond acceptors (Lipinski definition) is 2. The van der Waals surface area contributed by atoms with Gasteiger partial charge in [-0.3, -0.25) is 4.79 Å². The third kappa shape index (κ3) is 5.17. The Morgan fingerprint density at radius 1 is 0.929 bits per heavy atom. The third-order valence-corrected chi connectivity index (χ3v) is 4.62. The molecular weight excluding hydrogens is 344 g/mol. The highest BCUT2D eigenvalue weighted by atomic mass is 16.3. The number of rotatable bonds is 7. The van der Waals surface area contributed by atoms with E-state index in [0.717, 1.165) is 18.4 Å². The number of carbonyl (C=O) groups is 1. The summed E-state index contributed by atoms with van der Waals surface area (Å²) in [6.45, 7) is 1.99. The Morgan fingerprint density at radius 2 is 1.54 bits per heavy atom. The van der Waals surface area contributed by atoms with Gasteiger partial charge in [0.15, 0.2) is 5.78 Å². The van der Waals surface area contributed by atoms with Crippen molar-refractivity contribution >= 4 is 5.78 Å². The van der Waals surface area contributed by atoms with Crippen LogP contribution < -0.4 is 0 Å². The minimum absolute atomic E-state index is 0.204. The van der Waals surface area contributed by atoms with E-state index in [9.17, 15) is 9.90 Å². The molecule has 0 amide bonds. The quantitative estimate of drug-likeness (QED) is 0.334. The average molecular weight is 368 g/mol. The SMILES string of the molecule is Cc1ccc([C@@H](O)C(=C=CCCc2ccccc2)C(=O)c2ccccc2)cc1. The van der Waals surface area contributed by atoms with Crippen molar-refractivity contribution in [2.24, 2.45) is 0 Å². The number of aliphatic hydroxyl groups excluding tert-OH is 1. The fourth-order valence-electron chi connectivity index (χ4n) is 2.99. The van der Waals surface area contributed by atoms with Crippen LogP contribution in [-0.2, 0) is 6.42 Å². The molecule has 0 fully saturated rings. The van der Waals surface area contributed by atoms with Gasteiger partial charge in [-0.05, 0) is 37.0 Å². The van der Waals surface area contributed by atoms with Crippen LogP contribution in [0.3, 0.4) is 0 Å². The second-order valence-electron chi connectivity index (χ2n) is 6.79. The zero-order valence-corrected chi connectivity index (χ0v) is 16.0. The molecular formula is C26H24O2. The fourth-order valence-corrected chi connectivity index (χ4v) is 2.99. The van der Waals surface area contributed by atoms with Crippen LogP contribution in [0.25, 0.3) is 0 Å². The minimum atomic E-state index is -1.01. The molecule has 140 valence electrons. The maximum absolute atomic E-state index is 13.0. The molecule has 0 saturated carbocycles. The number of aryl methyl sites for hydroxylation is 2. The highest BCUT2D eigenvalue weighted by Gasteiger charge is 2.21. The van der Waals surface area contributed by atoms with Crippen molar-refractivity contribution in [1.29, 1.82) is 0 Å². The predicted molar refractivity (Wildman–Crippen MR) is 113 cm³/mol. The van der Waals surface area contributed by atoms with Crippen molar-refractivity contribution in [2.45, 2.75) is 25.9 Å². The largest absolute Gasteiger partial charge is 0.383 e. The third-order valence-electron chi connectivity index (χ3n) is 4.62. The summed E-state index contributed by atoms with van der Waals surface area (Å²) in [7, 11) is 0. The molecule has 3 aromatic carbocycles. The summed E-state index contributed by atoms with van der Waals surface area (Å²) in [5.41, 5.74) is 6.94. The number of Topliss-reactive ketones (excluding diaryl/α,β-unsaturated/α-hetero) is 1. The van der Waals surface area contributed by atoms with Crippen molar-refractivity contribution in [3.05, 3.63) is 125 Å². The lowest BCUT2D eigenvalue weighted by Gasteiger charge is -2.13. The molecule has 0 spiro atoms. The van der Waals surface area contributed by atoms with Crippen LogP contribution in [-0.4, -0.2) is 10.9 Å². The van der Waals surface area contributed by atoms with Crippen molar-refractivity contribution in [3.8, 4) is 0 Å². The lowest BCUT2D eigenvalue weighted by atomic mass is 9.94. The van der Waals surface area contributed by atoms with Crippen LogP contribution in [0.1, 0.15) is 39.6 Å². The van der Waals surface area contributed by atoms with E-state index in [1.165, 1.54) is 5.56 Å². The van der Waals surface area contributed by atoms with Crippen molar-refractivity contribution in [2.75, 3.05) is 0 Å². The smallest absolute Gasteiger partial charge is 0.199 e. The van der Waals surface area contributed by atoms with Crippen LogP contribution in [0.5, 0.6) is 0 Å². The zero-order chi connectivity index (χ0) is 19.8. The summed E-state index contributed by atoms with van der Waals surface area (Å²) in [5, 5.41) is 10.9. The maximum Gasteiger partial charge on any atom is 0.199 e. The Morgan fingerprint density at radius 3 is 2.18 bits per heavy atom. The second kappa shape index (κ2) is 9.66. The summed E-state index contributed by atoms with van der Waals surface area (Å²) < 4.78 is 0. The maximum atomic E-state index is 13.0. The number of ketones is 1. The molecule has 0 aliphatic heterocycles. The van der Waals surface area contributed by atoms with Gasteiger partial charge in [-0.2, -0.15) is 0 Å². The molecule has 0 heterocycles. The van der Waals surface area contributed by atoms with Crippen molar-refractivity contribution in [3.63, 3.8) is 0 Å². The van der Waals surface area contributed by atoms with Crippen LogP contribution in [0.4, 0.5) is 0 Å². The van der Waals surface area contributed by atoms with E-state index in [-0.39, 0.29) is 11.4 Å². The van der Waals surface area contributed by atoms with Gasteiger partial charge in [0, 0.05) is 5.56 Å². The number of aliphatic hydroxyl groups is 1. The van der Waals surface area contributed by atoms with Gasteiger partial charge in [-0.25, -0.2) is 0 Å². The monoisotopic (exact) mass is 368 g/mol. The van der Waals surface area contributed by atoms with E-state index in [1.54, 1.807) is 12.1 Å². The average Bonchev–Trinajstić information content (AvgIpc) is 2.75. The molecule has 0 aliphatic rings. The Balaban J connectivity index is 1.88. The first-order chi connectivity index (χ1) is 13.6. The van der Waals surface area contributed by atoms with Crippen LogP contribution in [0.2, 0.25) is 0 Å². The van der Waals surface area contributed by atoms with Gasteiger partial charge in [-0.15, -0.1) is 5.73 Å². The normalized spacial score (nSPS) is 11.4. The van der Waals surface area contributed by atoms with Gasteiger partial charge in [-0.1, -0.05) is 90.5 Å². The van der Waals surface area contributed by atoms with E-state index >= 15 is 0 Å². The van der Waals surface area contributed by atoms with Gasteiger partial charge in [0.1, 0.15) is 6.10 Å². The van der Waals surface area contributed by atoms with Crippen LogP contribution in [0.15, 0.2) is 102 Å². The van der Waals surface area contributed by atoms with E-state index in [0.29, 0.717) is 11.1 Å². The molecule has 0 unspecified atom stereocenters. The second-order valence-corrected chi connectivity index (χ2v) is 6.79. The van der Waals surface area contributed by atoms with E-state index in [4.69, 9.17) is 0 Å². The highest BCUT2D eigenvalue weighted by molar-refractivity contribution is 6.09. The molecule has 3 rings (SSSR count). The zero-order valence-electron chi connectivity index (χ0n) is 16.0. The molecule has 3 aromatic rings. The Kier molecular flexibility index (Phi) is 6.75. The fraction of sp³-hybridized carbons (Fsp3) is 0.154. The lowest BCUT2D eigenvalue weighted by molar-refractivity contribution is 0.0987. The highest BCUT2D eigenvalue weighted by Crippen LogP contribution is 2.24. The molecule has 1 atom stereocenters. The van der Waals surface area contributed by atoms with E-state index in [2.05, 4.69) is 17.9 Å². The summed E-state index contributed by atoms with van der Waals surface area (Å²) >= 11 is 0. The molecule has 0 aromatic heterocycles. The topological polar surface area (TPSA) is 37.3 Å². The van der Waals surface area contributed by atoms with E-state index in [1.807, 2.05) is 73.7 Å². The number of hydrogen-bond donors (Lipinski definition) is 1. The molecule has 0 bridgehead atoms. The Hall–Kier alpha value is -3.19. The molecule has 0 radical (unpaired) electrons. The first kappa shape index (κ1) is 19.6. The van der Waals surface area contributed by atoms with Gasteiger partial charge in [0.2, 0.25) is 0 Å². The van der Waals surface area contributed by atoms with Gasteiger partial charge in [0.05, 0.1) is 5.57 Å². The standard InChI is InChI=1S/C26H24O2/c1-20-16-18-23(19-17-20)26(28)24(25(27)22-13-6-3-7-14-22)15-9-8-12-21-10-4-2-5-11-21/h2-7,9-11,13-14,16-19,26,28H,8,12H2,1H3/t15?,26-/m1/s1. The first-order valence-electron chi connectivity index (χ1n) is 9.48. The van der Waals surface area contributed by atoms with Crippen LogP contribution >= 0.6 is 0 Å². The predicted octanol–water partition coefficient (Wildman–Crippen LogP) is 5.63. The number of carbonyl (C=O) groups excluding carboxylic acids is 1. The summed E-state index contributed by atoms with van der Waals surface area (Å²) in [6, 6.07) is 26.8. The van der Waals surface area contributed by atoms with E-state index < -0.39 is 6.10 Å². The summed E-state index contributed by atoms with van der Waals surface area (Å²) in [4.78, 5) is 13.0. The molecule has 0 saturated heterocycles. The van der Waals surface area contributed by atoms with Gasteiger partial charge >= 0.3 is 0 Å². The minimum Gasteiger partial charge on any atom is -0.383 e. The molecule has 2 heteroatoms. The Bertz CT molecular complexity index is 964. The van der Waals surface area contributed by atoms with Gasteiger partial charge in [0.25, 0.3) is 0 Å². The van der Waals surface area contributed by atoms with Crippen LogP contribution in [0, 0.1) is 6.92 Å². The van der Waals surface area contributed by atoms with Crippen molar-refractivity contribution in [1.82, 2.24) is 0 Å². The Labute approximate surface area is 166 Å². The lowest BCUT2D eigenvalue weighted by Crippen LogP contribution is -2.11. The summed E-state index contributed by atoms with van der Waals surface area (Å²) in [5.74, 6) is -0.204. The van der Waals surface area contributed by atoms with Gasteiger partial charge < -0.3 is 5.11 Å². The van der Waals surface area contributed by atoms with Crippen molar-refractivity contribution < 1.29 is 9.90 Å². The molecule has 1 N–H and O–H groups in total. The number of benzene rings is 3. The first-order valence-corrected chi connectivity index (χ1v) is 9.48.